The van der Waals surface area contributed by atoms with Gasteiger partial charge in [0.15, 0.2) is 0 Å². The molecule has 0 radical (unpaired) electrons. The molecule has 0 fully saturated rings. The molecular formula is C10H12KNO2. The molecule has 0 saturated carbocycles. The Morgan fingerprint density at radius 3 is 2.50 bits per heavy atom. The van der Waals surface area contributed by atoms with Crippen molar-refractivity contribution in [1.29, 1.82) is 0 Å². The fourth-order valence-electron chi connectivity index (χ4n) is 0.871. The minimum absolute atomic E-state index is 0. The molecule has 0 aliphatic rings. The maximum atomic E-state index is 10.5. The van der Waals surface area contributed by atoms with Gasteiger partial charge < -0.3 is 15.3 Å². The van der Waals surface area contributed by atoms with Crippen LogP contribution < -0.4 is 51.4 Å². The molecule has 0 aromatic heterocycles. The van der Waals surface area contributed by atoms with Crippen LogP contribution in [-0.4, -0.2) is 12.0 Å². The number of benzene rings is 1. The van der Waals surface area contributed by atoms with Gasteiger partial charge in [0.1, 0.15) is 0 Å². The van der Waals surface area contributed by atoms with E-state index in [0.717, 1.165) is 5.56 Å². The van der Waals surface area contributed by atoms with Crippen molar-refractivity contribution in [1.82, 2.24) is 0 Å². The Kier molecular flexibility index (Phi) is 7.72. The minimum Gasteiger partial charge on any atom is -0.666 e. The first kappa shape index (κ1) is 14.3. The Morgan fingerprint density at radius 1 is 1.43 bits per heavy atom. The second-order valence-electron chi connectivity index (χ2n) is 2.80. The summed E-state index contributed by atoms with van der Waals surface area (Å²) in [5.74, 6) is -0.684. The summed E-state index contributed by atoms with van der Waals surface area (Å²) in [6, 6.07) is 9.57. The molecular weight excluding hydrogens is 205 g/mol. The Labute approximate surface area is 126 Å². The van der Waals surface area contributed by atoms with E-state index < -0.39 is 12.0 Å². The van der Waals surface area contributed by atoms with Crippen molar-refractivity contribution in [2.24, 2.45) is 0 Å². The number of rotatable bonds is 4. The Balaban J connectivity index is 0.00000169. The van der Waals surface area contributed by atoms with Gasteiger partial charge in [0.2, 0.25) is 0 Å². The number of nitrogens with one attached hydrogen (secondary N) is 1. The molecule has 3 nitrogen and oxygen atoms in total. The zero-order chi connectivity index (χ0) is 9.68. The standard InChI is InChI=1S/C10H13NO2.K/c1-8(10(11)12)13-7-9-5-3-2-4-6-9;/h2-6,8H,7H2,1H3,(H2,11,12);/q;+1/p-1. The molecule has 0 aliphatic carbocycles. The summed E-state index contributed by atoms with van der Waals surface area (Å²) >= 11 is 0. The first-order valence-electron chi connectivity index (χ1n) is 4.11. The third-order valence-corrected chi connectivity index (χ3v) is 1.71. The molecule has 0 bridgehead atoms. The second kappa shape index (κ2) is 7.56. The van der Waals surface area contributed by atoms with Crippen molar-refractivity contribution in [2.75, 3.05) is 0 Å². The maximum absolute atomic E-state index is 10.5. The first-order chi connectivity index (χ1) is 6.20. The van der Waals surface area contributed by atoms with Gasteiger partial charge in [0, 0.05) is 0 Å². The first-order valence-corrected chi connectivity index (χ1v) is 4.11. The third-order valence-electron chi connectivity index (χ3n) is 1.71. The largest absolute Gasteiger partial charge is 1.00 e. The molecule has 1 amide bonds. The molecule has 1 unspecified atom stereocenters. The van der Waals surface area contributed by atoms with Crippen LogP contribution in [0.2, 0.25) is 0 Å². The summed E-state index contributed by atoms with van der Waals surface area (Å²) in [5, 5.41) is 0. The Hall–Kier alpha value is 0.286. The van der Waals surface area contributed by atoms with Crippen LogP contribution in [0.4, 0.5) is 0 Å². The molecule has 1 aromatic rings. The van der Waals surface area contributed by atoms with Gasteiger partial charge in [-0.3, -0.25) is 0 Å². The minimum atomic E-state index is -0.684. The molecule has 0 saturated heterocycles. The van der Waals surface area contributed by atoms with Crippen LogP contribution >= 0.6 is 0 Å². The molecule has 1 rings (SSSR count). The van der Waals surface area contributed by atoms with Crippen LogP contribution in [0.5, 0.6) is 0 Å². The number of ether oxygens (including phenoxy) is 1. The van der Waals surface area contributed by atoms with Gasteiger partial charge in [-0.2, -0.15) is 0 Å². The number of hydrogen-bond acceptors (Lipinski definition) is 2. The topological polar surface area (TPSA) is 50.1 Å². The quantitative estimate of drug-likeness (QED) is 0.618. The SMILES string of the molecule is CC(OCc1ccccc1)C([NH-])=O.[K+]. The zero-order valence-electron chi connectivity index (χ0n) is 8.49. The van der Waals surface area contributed by atoms with Crippen LogP contribution in [0.25, 0.3) is 5.73 Å². The molecule has 70 valence electrons. The van der Waals surface area contributed by atoms with E-state index >= 15 is 0 Å². The van der Waals surface area contributed by atoms with E-state index in [1.807, 2.05) is 30.3 Å². The van der Waals surface area contributed by atoms with Gasteiger partial charge in [0.05, 0.1) is 18.6 Å². The van der Waals surface area contributed by atoms with Crippen LogP contribution in [0.15, 0.2) is 30.3 Å². The predicted octanol–water partition coefficient (Wildman–Crippen LogP) is -0.825. The summed E-state index contributed by atoms with van der Waals surface area (Å²) in [7, 11) is 0. The van der Waals surface area contributed by atoms with Crippen molar-refractivity contribution in [3.05, 3.63) is 41.6 Å². The molecule has 1 N–H and O–H groups in total. The van der Waals surface area contributed by atoms with E-state index in [1.54, 1.807) is 6.92 Å². The van der Waals surface area contributed by atoms with E-state index in [2.05, 4.69) is 0 Å². The van der Waals surface area contributed by atoms with E-state index in [0.29, 0.717) is 6.61 Å². The average molecular weight is 217 g/mol. The normalized spacial score (nSPS) is 11.5. The van der Waals surface area contributed by atoms with Crippen LogP contribution in [-0.2, 0) is 16.1 Å². The Bertz CT molecular complexity index is 277. The summed E-state index contributed by atoms with van der Waals surface area (Å²) in [6.45, 7) is 1.96. The van der Waals surface area contributed by atoms with Crippen molar-refractivity contribution in [3.63, 3.8) is 0 Å². The second-order valence-corrected chi connectivity index (χ2v) is 2.80. The van der Waals surface area contributed by atoms with E-state index in [4.69, 9.17) is 10.5 Å². The number of carbonyl (C=O) groups excluding carboxylic acids is 1. The molecule has 0 aliphatic heterocycles. The van der Waals surface area contributed by atoms with E-state index in [9.17, 15) is 4.79 Å². The van der Waals surface area contributed by atoms with Crippen molar-refractivity contribution >= 4 is 5.91 Å². The van der Waals surface area contributed by atoms with Crippen molar-refractivity contribution in [3.8, 4) is 0 Å². The molecule has 0 spiro atoms. The van der Waals surface area contributed by atoms with Gasteiger partial charge in [-0.15, -0.1) is 0 Å². The molecule has 14 heavy (non-hydrogen) atoms. The van der Waals surface area contributed by atoms with Gasteiger partial charge in [-0.05, 0) is 12.5 Å². The molecule has 1 atom stereocenters. The van der Waals surface area contributed by atoms with Crippen LogP contribution in [0, 0.1) is 0 Å². The Morgan fingerprint density at radius 2 is 2.00 bits per heavy atom. The van der Waals surface area contributed by atoms with E-state index in [-0.39, 0.29) is 51.4 Å². The van der Waals surface area contributed by atoms with Crippen molar-refractivity contribution < 1.29 is 60.9 Å². The third kappa shape index (κ3) is 5.24. The monoisotopic (exact) mass is 217 g/mol. The van der Waals surface area contributed by atoms with Gasteiger partial charge in [-0.25, -0.2) is 0 Å². The summed E-state index contributed by atoms with van der Waals surface area (Å²) in [4.78, 5) is 10.5. The smallest absolute Gasteiger partial charge is 0.666 e. The molecule has 4 heteroatoms. The predicted molar refractivity (Wildman–Crippen MR) is 50.0 cm³/mol. The van der Waals surface area contributed by atoms with Crippen LogP contribution in [0.3, 0.4) is 0 Å². The van der Waals surface area contributed by atoms with Gasteiger partial charge >= 0.3 is 51.4 Å². The number of carbonyl (C=O) groups is 1. The number of amides is 1. The summed E-state index contributed by atoms with van der Waals surface area (Å²) < 4.78 is 5.15. The molecule has 0 heterocycles. The zero-order valence-corrected chi connectivity index (χ0v) is 11.6. The number of hydrogen-bond donors (Lipinski definition) is 0. The average Bonchev–Trinajstić information content (AvgIpc) is 2.15. The van der Waals surface area contributed by atoms with Gasteiger partial charge in [-0.1, -0.05) is 30.3 Å². The fourth-order valence-corrected chi connectivity index (χ4v) is 0.871. The van der Waals surface area contributed by atoms with Crippen molar-refractivity contribution in [2.45, 2.75) is 19.6 Å². The molecule has 1 aromatic carbocycles. The maximum Gasteiger partial charge on any atom is 1.00 e. The fraction of sp³-hybridized carbons (Fsp3) is 0.300. The van der Waals surface area contributed by atoms with Crippen LogP contribution in [0.1, 0.15) is 12.5 Å². The summed E-state index contributed by atoms with van der Waals surface area (Å²) in [6.07, 6.45) is -0.639. The summed E-state index contributed by atoms with van der Waals surface area (Å²) in [5.41, 5.74) is 7.80. The van der Waals surface area contributed by atoms with Gasteiger partial charge in [0.25, 0.3) is 0 Å². The van der Waals surface area contributed by atoms with E-state index in [1.165, 1.54) is 0 Å².